The zero-order chi connectivity index (χ0) is 9.44. The van der Waals surface area contributed by atoms with Crippen molar-refractivity contribution < 1.29 is 24.2 Å². The molecule has 0 aliphatic rings. The molecule has 0 aromatic carbocycles. The summed E-state index contributed by atoms with van der Waals surface area (Å²) in [5, 5.41) is 15.3. The van der Waals surface area contributed by atoms with E-state index >= 15 is 0 Å². The van der Waals surface area contributed by atoms with E-state index < -0.39 is 18.1 Å². The molecule has 11 heavy (non-hydrogen) atoms. The first kappa shape index (κ1) is 12.5. The molecule has 0 aliphatic heterocycles. The first-order chi connectivity index (χ1) is 4.91. The summed E-state index contributed by atoms with van der Waals surface area (Å²) in [6, 6.07) is 0. The molecule has 0 aromatic heterocycles. The number of aliphatic carboxylic acids is 2. The van der Waals surface area contributed by atoms with Crippen molar-refractivity contribution >= 4 is 11.9 Å². The average Bonchev–Trinajstić information content (AvgIpc) is 1.89. The number of halogens is 1. The number of alkyl halides is 1. The van der Waals surface area contributed by atoms with E-state index in [9.17, 15) is 14.0 Å². The Bertz CT molecular complexity index is 133. The fraction of sp³-hybridized carbons (Fsp3) is 0.667. The molecule has 0 aromatic rings. The van der Waals surface area contributed by atoms with Gasteiger partial charge in [0, 0.05) is 6.42 Å². The van der Waals surface area contributed by atoms with Gasteiger partial charge in [-0.15, -0.1) is 0 Å². The van der Waals surface area contributed by atoms with Gasteiger partial charge >= 0.3 is 11.9 Å². The SMILES string of the molecule is CC(F)C(=O)O.CCC(=O)O. The van der Waals surface area contributed by atoms with Crippen LogP contribution in [0.3, 0.4) is 0 Å². The lowest BCUT2D eigenvalue weighted by atomic mass is 10.5. The van der Waals surface area contributed by atoms with Crippen LogP contribution in [-0.4, -0.2) is 28.3 Å². The van der Waals surface area contributed by atoms with Gasteiger partial charge in [-0.25, -0.2) is 9.18 Å². The van der Waals surface area contributed by atoms with Gasteiger partial charge in [0.2, 0.25) is 0 Å². The van der Waals surface area contributed by atoms with Crippen LogP contribution in [0.4, 0.5) is 4.39 Å². The highest BCUT2D eigenvalue weighted by atomic mass is 19.1. The fourth-order valence-electron chi connectivity index (χ4n) is 0. The third kappa shape index (κ3) is 17.7. The van der Waals surface area contributed by atoms with Crippen molar-refractivity contribution in [3.8, 4) is 0 Å². The lowest BCUT2D eigenvalue weighted by molar-refractivity contribution is -0.142. The first-order valence-corrected chi connectivity index (χ1v) is 3.00. The number of hydrogen-bond acceptors (Lipinski definition) is 2. The van der Waals surface area contributed by atoms with Crippen LogP contribution in [0.2, 0.25) is 0 Å². The summed E-state index contributed by atoms with van der Waals surface area (Å²) in [5.74, 6) is -2.15. The smallest absolute Gasteiger partial charge is 0.337 e. The van der Waals surface area contributed by atoms with Crippen molar-refractivity contribution in [1.29, 1.82) is 0 Å². The fourth-order valence-corrected chi connectivity index (χ4v) is 0. The van der Waals surface area contributed by atoms with Crippen molar-refractivity contribution in [2.45, 2.75) is 26.4 Å². The van der Waals surface area contributed by atoms with E-state index in [2.05, 4.69) is 0 Å². The predicted molar refractivity (Wildman–Crippen MR) is 36.1 cm³/mol. The molecule has 5 heteroatoms. The van der Waals surface area contributed by atoms with Crippen LogP contribution in [0.1, 0.15) is 20.3 Å². The molecule has 0 amide bonds. The van der Waals surface area contributed by atoms with E-state index in [1.807, 2.05) is 0 Å². The van der Waals surface area contributed by atoms with Crippen LogP contribution in [0.25, 0.3) is 0 Å². The largest absolute Gasteiger partial charge is 0.481 e. The molecule has 0 spiro atoms. The average molecular weight is 166 g/mol. The molecular weight excluding hydrogens is 155 g/mol. The number of carboxylic acid groups (broad SMARTS) is 2. The number of rotatable bonds is 2. The summed E-state index contributed by atoms with van der Waals surface area (Å²) in [6.07, 6.45) is -1.51. The number of hydrogen-bond donors (Lipinski definition) is 2. The monoisotopic (exact) mass is 166 g/mol. The van der Waals surface area contributed by atoms with Crippen LogP contribution in [0.15, 0.2) is 0 Å². The number of carbonyl (C=O) groups is 2. The molecule has 0 rings (SSSR count). The Labute approximate surface area is 63.6 Å². The summed E-state index contributed by atoms with van der Waals surface area (Å²) in [7, 11) is 0. The van der Waals surface area contributed by atoms with Crippen LogP contribution < -0.4 is 0 Å². The Balaban J connectivity index is 0. The van der Waals surface area contributed by atoms with Crippen LogP contribution in [0, 0.1) is 0 Å². The molecule has 2 N–H and O–H groups in total. The molecule has 0 heterocycles. The van der Waals surface area contributed by atoms with Crippen molar-refractivity contribution in [3.05, 3.63) is 0 Å². The van der Waals surface area contributed by atoms with Crippen molar-refractivity contribution in [2.24, 2.45) is 0 Å². The Morgan fingerprint density at radius 1 is 1.45 bits per heavy atom. The van der Waals surface area contributed by atoms with E-state index in [0.29, 0.717) is 0 Å². The normalized spacial score (nSPS) is 10.8. The summed E-state index contributed by atoms with van der Waals surface area (Å²) >= 11 is 0. The van der Waals surface area contributed by atoms with Gasteiger partial charge in [-0.05, 0) is 6.92 Å². The Morgan fingerprint density at radius 3 is 1.64 bits per heavy atom. The molecule has 0 aliphatic carbocycles. The minimum absolute atomic E-state index is 0.222. The molecule has 1 atom stereocenters. The van der Waals surface area contributed by atoms with Crippen molar-refractivity contribution in [3.63, 3.8) is 0 Å². The minimum atomic E-state index is -1.73. The Kier molecular flexibility index (Phi) is 7.96. The summed E-state index contributed by atoms with van der Waals surface area (Å²) < 4.78 is 11.2. The van der Waals surface area contributed by atoms with Gasteiger partial charge in [0.15, 0.2) is 6.17 Å². The maximum atomic E-state index is 11.2. The molecule has 0 fully saturated rings. The van der Waals surface area contributed by atoms with Crippen LogP contribution in [0.5, 0.6) is 0 Å². The van der Waals surface area contributed by atoms with Gasteiger partial charge in [0.1, 0.15) is 0 Å². The molecule has 0 saturated carbocycles. The molecule has 1 unspecified atom stereocenters. The maximum Gasteiger partial charge on any atom is 0.337 e. The topological polar surface area (TPSA) is 74.6 Å². The van der Waals surface area contributed by atoms with Gasteiger partial charge in [-0.2, -0.15) is 0 Å². The quantitative estimate of drug-likeness (QED) is 0.639. The van der Waals surface area contributed by atoms with Gasteiger partial charge in [0.05, 0.1) is 0 Å². The summed E-state index contributed by atoms with van der Waals surface area (Å²) in [5.41, 5.74) is 0. The second-order valence-electron chi connectivity index (χ2n) is 1.70. The van der Waals surface area contributed by atoms with Crippen LogP contribution >= 0.6 is 0 Å². The maximum absolute atomic E-state index is 11.2. The second-order valence-corrected chi connectivity index (χ2v) is 1.70. The number of carboxylic acids is 2. The standard InChI is InChI=1S/C3H5FO2.C3H6O2/c1-2(4)3(5)6;1-2-3(4)5/h2H,1H3,(H,5,6);2H2,1H3,(H,4,5). The van der Waals surface area contributed by atoms with Crippen LogP contribution in [-0.2, 0) is 9.59 Å². The van der Waals surface area contributed by atoms with Gasteiger partial charge in [0.25, 0.3) is 0 Å². The summed E-state index contributed by atoms with van der Waals surface area (Å²) in [4.78, 5) is 18.7. The zero-order valence-electron chi connectivity index (χ0n) is 6.37. The van der Waals surface area contributed by atoms with Crippen molar-refractivity contribution in [2.75, 3.05) is 0 Å². The van der Waals surface area contributed by atoms with Crippen molar-refractivity contribution in [1.82, 2.24) is 0 Å². The Hall–Kier alpha value is -1.13. The molecule has 0 bridgehead atoms. The van der Waals surface area contributed by atoms with Gasteiger partial charge in [-0.3, -0.25) is 4.79 Å². The third-order valence-electron chi connectivity index (χ3n) is 0.643. The Morgan fingerprint density at radius 2 is 1.64 bits per heavy atom. The zero-order valence-corrected chi connectivity index (χ0v) is 6.37. The van der Waals surface area contributed by atoms with E-state index in [1.165, 1.54) is 0 Å². The molecule has 0 saturated heterocycles. The highest BCUT2D eigenvalue weighted by Gasteiger charge is 2.04. The first-order valence-electron chi connectivity index (χ1n) is 3.00. The van der Waals surface area contributed by atoms with E-state index in [-0.39, 0.29) is 6.42 Å². The predicted octanol–water partition coefficient (Wildman–Crippen LogP) is 0.910. The third-order valence-corrected chi connectivity index (χ3v) is 0.643. The molecule has 4 nitrogen and oxygen atoms in total. The molecular formula is C6H11FO4. The van der Waals surface area contributed by atoms with E-state index in [4.69, 9.17) is 10.2 Å². The molecule has 66 valence electrons. The highest BCUT2D eigenvalue weighted by molar-refractivity contribution is 5.71. The molecule has 0 radical (unpaired) electrons. The lowest BCUT2D eigenvalue weighted by Crippen LogP contribution is -2.08. The van der Waals surface area contributed by atoms with E-state index in [0.717, 1.165) is 6.92 Å². The van der Waals surface area contributed by atoms with Gasteiger partial charge < -0.3 is 10.2 Å². The van der Waals surface area contributed by atoms with Gasteiger partial charge in [-0.1, -0.05) is 6.92 Å². The minimum Gasteiger partial charge on any atom is -0.481 e. The lowest BCUT2D eigenvalue weighted by Gasteiger charge is -1.85. The summed E-state index contributed by atoms with van der Waals surface area (Å²) in [6.45, 7) is 2.57. The highest BCUT2D eigenvalue weighted by Crippen LogP contribution is 1.83. The van der Waals surface area contributed by atoms with E-state index in [1.54, 1.807) is 6.92 Å². The second kappa shape index (κ2) is 6.98.